The van der Waals surface area contributed by atoms with Crippen molar-refractivity contribution in [2.75, 3.05) is 0 Å². The van der Waals surface area contributed by atoms with Crippen molar-refractivity contribution in [3.8, 4) is 0 Å². The molecule has 4 heteroatoms. The van der Waals surface area contributed by atoms with Crippen LogP contribution in [0, 0.1) is 0 Å². The van der Waals surface area contributed by atoms with E-state index in [-0.39, 0.29) is 0 Å². The zero-order chi connectivity index (χ0) is 5.98. The molecule has 0 saturated heterocycles. The van der Waals surface area contributed by atoms with E-state index in [0.717, 1.165) is 3.27 Å². The van der Waals surface area contributed by atoms with Crippen LogP contribution in [-0.2, 0) is 23.3 Å². The Labute approximate surface area is 67.8 Å². The van der Waals surface area contributed by atoms with Crippen molar-refractivity contribution in [2.45, 2.75) is 0 Å². The van der Waals surface area contributed by atoms with Gasteiger partial charge in [0, 0.05) is 0 Å². The first-order chi connectivity index (χ1) is 3.83. The third-order valence-electron chi connectivity index (χ3n) is 0.761. The SMILES string of the molecule is [Cl][Hg][c]1ccc(Cl)o1. The topological polar surface area (TPSA) is 13.1 Å². The van der Waals surface area contributed by atoms with Gasteiger partial charge in [-0.25, -0.2) is 0 Å². The van der Waals surface area contributed by atoms with E-state index < -0.39 is 23.3 Å². The minimum absolute atomic E-state index is 0.445. The predicted molar refractivity (Wildman–Crippen MR) is 29.2 cm³/mol. The molecule has 0 amide bonds. The summed E-state index contributed by atoms with van der Waals surface area (Å²) in [6.07, 6.45) is 0. The van der Waals surface area contributed by atoms with Gasteiger partial charge in [-0.2, -0.15) is 0 Å². The van der Waals surface area contributed by atoms with Gasteiger partial charge in [0.15, 0.2) is 0 Å². The molecule has 0 saturated carbocycles. The van der Waals surface area contributed by atoms with E-state index in [1.165, 1.54) is 0 Å². The maximum atomic E-state index is 5.61. The van der Waals surface area contributed by atoms with E-state index in [1.54, 1.807) is 6.07 Å². The van der Waals surface area contributed by atoms with Crippen LogP contribution in [-0.4, -0.2) is 0 Å². The summed E-state index contributed by atoms with van der Waals surface area (Å²) in [6, 6.07) is 3.57. The van der Waals surface area contributed by atoms with Crippen LogP contribution in [0.4, 0.5) is 0 Å². The average molecular weight is 338 g/mol. The van der Waals surface area contributed by atoms with Crippen LogP contribution in [0.5, 0.6) is 0 Å². The molecular formula is C4H2Cl2HgO. The normalized spacial score (nSPS) is 8.75. The van der Waals surface area contributed by atoms with Crippen molar-refractivity contribution in [1.29, 1.82) is 0 Å². The molecule has 0 aliphatic heterocycles. The molecule has 0 spiro atoms. The van der Waals surface area contributed by atoms with Gasteiger partial charge in [-0.05, 0) is 0 Å². The van der Waals surface area contributed by atoms with Crippen LogP contribution >= 0.6 is 19.9 Å². The molecule has 0 N–H and O–H groups in total. The Hall–Kier alpha value is 0.795. The molecule has 0 unspecified atom stereocenters. The molecule has 1 aromatic rings. The number of rotatable bonds is 1. The van der Waals surface area contributed by atoms with Gasteiger partial charge in [0.1, 0.15) is 0 Å². The Balaban J connectivity index is 2.84. The Morgan fingerprint density at radius 1 is 1.50 bits per heavy atom. The Morgan fingerprint density at radius 3 is 2.50 bits per heavy atom. The summed E-state index contributed by atoms with van der Waals surface area (Å²) in [5.74, 6) is 0. The van der Waals surface area contributed by atoms with E-state index in [4.69, 9.17) is 24.3 Å². The van der Waals surface area contributed by atoms with Crippen LogP contribution in [0.15, 0.2) is 16.5 Å². The molecule has 0 aliphatic rings. The average Bonchev–Trinajstić information content (AvgIpc) is 2.14. The molecule has 1 heterocycles. The standard InChI is InChI=1S/C4H2ClO.ClH.Hg/c5-4-2-1-3-6-4;;/h1-2H;1H;/q;;+1/p-1. The third-order valence-corrected chi connectivity index (χ3v) is 5.78. The van der Waals surface area contributed by atoms with Crippen molar-refractivity contribution in [3.05, 3.63) is 17.4 Å². The molecule has 1 nitrogen and oxygen atoms in total. The monoisotopic (exact) mass is 338 g/mol. The summed E-state index contributed by atoms with van der Waals surface area (Å²) < 4.78 is 5.89. The fourth-order valence-electron chi connectivity index (χ4n) is 0.424. The summed E-state index contributed by atoms with van der Waals surface area (Å²) in [7, 11) is 5.61. The summed E-state index contributed by atoms with van der Waals surface area (Å²) >= 11 is 4.15. The Morgan fingerprint density at radius 2 is 2.25 bits per heavy atom. The van der Waals surface area contributed by atoms with Gasteiger partial charge in [0.2, 0.25) is 0 Å². The minimum atomic E-state index is -1.30. The van der Waals surface area contributed by atoms with Gasteiger partial charge < -0.3 is 0 Å². The second-order valence-corrected chi connectivity index (χ2v) is 7.81. The first-order valence-corrected chi connectivity index (χ1v) is 12.0. The number of furan rings is 1. The predicted octanol–water partition coefficient (Wildman–Crippen LogP) is 1.79. The molecule has 1 aromatic heterocycles. The molecule has 0 aliphatic carbocycles. The first-order valence-electron chi connectivity index (χ1n) is 2.13. The van der Waals surface area contributed by atoms with Crippen LogP contribution in [0.25, 0.3) is 0 Å². The summed E-state index contributed by atoms with van der Waals surface area (Å²) in [4.78, 5) is 0. The van der Waals surface area contributed by atoms with Gasteiger partial charge in [0.05, 0.1) is 0 Å². The molecule has 0 radical (unpaired) electrons. The van der Waals surface area contributed by atoms with Crippen molar-refractivity contribution >= 4 is 23.1 Å². The molecule has 0 aromatic carbocycles. The zero-order valence-corrected chi connectivity index (χ0v) is 11.0. The molecule has 0 atom stereocenters. The van der Waals surface area contributed by atoms with Crippen LogP contribution in [0.1, 0.15) is 0 Å². The molecule has 1 rings (SSSR count). The van der Waals surface area contributed by atoms with E-state index >= 15 is 0 Å². The number of hydrogen-bond donors (Lipinski definition) is 0. The van der Waals surface area contributed by atoms with Gasteiger partial charge >= 0.3 is 68.2 Å². The molecular weight excluding hydrogens is 336 g/mol. The van der Waals surface area contributed by atoms with Crippen molar-refractivity contribution < 1.29 is 27.8 Å². The van der Waals surface area contributed by atoms with Gasteiger partial charge in [-0.3, -0.25) is 0 Å². The van der Waals surface area contributed by atoms with Gasteiger partial charge in [-0.15, -0.1) is 0 Å². The van der Waals surface area contributed by atoms with Crippen LogP contribution in [0.2, 0.25) is 5.22 Å². The first kappa shape index (κ1) is 6.91. The number of halogens is 2. The van der Waals surface area contributed by atoms with E-state index in [0.29, 0.717) is 5.22 Å². The third kappa shape index (κ3) is 1.64. The van der Waals surface area contributed by atoms with Crippen LogP contribution < -0.4 is 3.27 Å². The molecule has 8 heavy (non-hydrogen) atoms. The van der Waals surface area contributed by atoms with E-state index in [1.807, 2.05) is 6.07 Å². The van der Waals surface area contributed by atoms with Gasteiger partial charge in [0.25, 0.3) is 0 Å². The second kappa shape index (κ2) is 3.09. The second-order valence-electron chi connectivity index (χ2n) is 1.34. The van der Waals surface area contributed by atoms with E-state index in [9.17, 15) is 0 Å². The zero-order valence-electron chi connectivity index (χ0n) is 4.03. The quantitative estimate of drug-likeness (QED) is 0.712. The van der Waals surface area contributed by atoms with Crippen LogP contribution in [0.3, 0.4) is 0 Å². The maximum absolute atomic E-state index is 5.61. The number of hydrogen-bond acceptors (Lipinski definition) is 1. The summed E-state index contributed by atoms with van der Waals surface area (Å²) in [5, 5.41) is 0.445. The fourth-order valence-corrected chi connectivity index (χ4v) is 3.82. The fraction of sp³-hybridized carbons (Fsp3) is 0. The Kier molecular flexibility index (Phi) is 2.67. The van der Waals surface area contributed by atoms with Crippen molar-refractivity contribution in [2.24, 2.45) is 0 Å². The van der Waals surface area contributed by atoms with Crippen molar-refractivity contribution in [1.82, 2.24) is 0 Å². The molecule has 40 valence electrons. The van der Waals surface area contributed by atoms with Gasteiger partial charge in [-0.1, -0.05) is 0 Å². The van der Waals surface area contributed by atoms with E-state index in [2.05, 4.69) is 0 Å². The van der Waals surface area contributed by atoms with Crippen molar-refractivity contribution in [3.63, 3.8) is 0 Å². The summed E-state index contributed by atoms with van der Waals surface area (Å²) in [6.45, 7) is 0. The Bertz CT molecular complexity index is 174. The molecule has 0 fully saturated rings. The summed E-state index contributed by atoms with van der Waals surface area (Å²) in [5.41, 5.74) is 0. The molecule has 0 bridgehead atoms.